The van der Waals surface area contributed by atoms with E-state index in [4.69, 9.17) is 4.74 Å². The van der Waals surface area contributed by atoms with Gasteiger partial charge < -0.3 is 9.84 Å². The van der Waals surface area contributed by atoms with Crippen molar-refractivity contribution in [3.8, 4) is 5.75 Å². The number of fused-ring (bicyclic) bond motifs is 3. The van der Waals surface area contributed by atoms with Gasteiger partial charge in [-0.1, -0.05) is 26.0 Å². The quantitative estimate of drug-likeness (QED) is 0.475. The highest BCUT2D eigenvalue weighted by molar-refractivity contribution is 7.88. The third-order valence-corrected chi connectivity index (χ3v) is 9.33. The maximum Gasteiger partial charge on any atom is 0.208 e. The van der Waals surface area contributed by atoms with E-state index in [0.717, 1.165) is 34.2 Å². The Morgan fingerprint density at radius 3 is 2.53 bits per heavy atom. The van der Waals surface area contributed by atoms with E-state index in [1.807, 2.05) is 26.0 Å². The minimum absolute atomic E-state index is 0.0103. The number of aliphatic hydroxyl groups is 1. The summed E-state index contributed by atoms with van der Waals surface area (Å²) in [6.45, 7) is 10.6. The standard InChI is InChI=1S/C26H35NO5S2/c1-14-9-17(10-15(2)24(14)32-13-18(28)12-27-34(6,30)31)7-8-21(29)25-19-11-20-23(26(20,4)5)22(19)16(3)33-25/h9-10,18,20,23,27-28H,7-8,11-13H2,1-6H3/t18?,20-,23-/m1/s1. The number of benzene rings is 1. The van der Waals surface area contributed by atoms with Gasteiger partial charge in [-0.25, -0.2) is 13.1 Å². The number of ketones is 1. The average molecular weight is 506 g/mol. The molecule has 0 aliphatic heterocycles. The van der Waals surface area contributed by atoms with Gasteiger partial charge in [-0.2, -0.15) is 0 Å². The van der Waals surface area contributed by atoms with Crippen LogP contribution in [-0.2, 0) is 22.9 Å². The van der Waals surface area contributed by atoms with Gasteiger partial charge in [0.25, 0.3) is 0 Å². The van der Waals surface area contributed by atoms with Crippen molar-refractivity contribution >= 4 is 27.1 Å². The molecule has 1 unspecified atom stereocenters. The summed E-state index contributed by atoms with van der Waals surface area (Å²) in [6.07, 6.45) is 2.31. The Balaban J connectivity index is 1.36. The summed E-state index contributed by atoms with van der Waals surface area (Å²) in [5.41, 5.74) is 6.12. The molecule has 0 radical (unpaired) electrons. The number of thiophene rings is 1. The summed E-state index contributed by atoms with van der Waals surface area (Å²) in [4.78, 5) is 15.4. The lowest BCUT2D eigenvalue weighted by Crippen LogP contribution is -2.34. The van der Waals surface area contributed by atoms with Crippen LogP contribution >= 0.6 is 11.3 Å². The smallest absolute Gasteiger partial charge is 0.208 e. The zero-order chi connectivity index (χ0) is 25.0. The average Bonchev–Trinajstić information content (AvgIpc) is 3.05. The number of carbonyl (C=O) groups is 1. The highest BCUT2D eigenvalue weighted by Gasteiger charge is 2.63. The first-order valence-electron chi connectivity index (χ1n) is 11.8. The van der Waals surface area contributed by atoms with Gasteiger partial charge in [-0.05, 0) is 78.7 Å². The Morgan fingerprint density at radius 2 is 1.91 bits per heavy atom. The minimum Gasteiger partial charge on any atom is -0.490 e. The van der Waals surface area contributed by atoms with Crippen molar-refractivity contribution < 1.29 is 23.1 Å². The number of hydrogen-bond acceptors (Lipinski definition) is 6. The van der Waals surface area contributed by atoms with Crippen molar-refractivity contribution in [2.24, 2.45) is 11.3 Å². The van der Waals surface area contributed by atoms with Crippen LogP contribution in [0.5, 0.6) is 5.75 Å². The number of hydrogen-bond donors (Lipinski definition) is 2. The second kappa shape index (κ2) is 9.04. The third-order valence-electron chi connectivity index (χ3n) is 7.43. The first kappa shape index (κ1) is 25.4. The second-order valence-electron chi connectivity index (χ2n) is 10.6. The van der Waals surface area contributed by atoms with Gasteiger partial charge >= 0.3 is 0 Å². The van der Waals surface area contributed by atoms with Crippen LogP contribution in [0.2, 0.25) is 0 Å². The maximum absolute atomic E-state index is 13.1. The van der Waals surface area contributed by atoms with Crippen LogP contribution in [0.1, 0.15) is 68.6 Å². The van der Waals surface area contributed by atoms with Gasteiger partial charge in [0.1, 0.15) is 18.5 Å². The lowest BCUT2D eigenvalue weighted by molar-refractivity contribution is 0.0985. The third kappa shape index (κ3) is 4.96. The fraction of sp³-hybridized carbons (Fsp3) is 0.577. The molecule has 2 N–H and O–H groups in total. The largest absolute Gasteiger partial charge is 0.490 e. The van der Waals surface area contributed by atoms with E-state index in [9.17, 15) is 18.3 Å². The zero-order valence-electron chi connectivity index (χ0n) is 20.8. The van der Waals surface area contributed by atoms with Crippen molar-refractivity contribution in [2.45, 2.75) is 65.9 Å². The van der Waals surface area contributed by atoms with Crippen LogP contribution in [0.3, 0.4) is 0 Å². The van der Waals surface area contributed by atoms with Crippen molar-refractivity contribution in [1.29, 1.82) is 0 Å². The van der Waals surface area contributed by atoms with Gasteiger partial charge in [-0.3, -0.25) is 4.79 Å². The normalized spacial score (nSPS) is 21.1. The first-order chi connectivity index (χ1) is 15.8. The molecule has 1 aromatic heterocycles. The molecule has 2 aliphatic carbocycles. The summed E-state index contributed by atoms with van der Waals surface area (Å²) < 4.78 is 30.4. The number of rotatable bonds is 10. The van der Waals surface area contributed by atoms with Crippen molar-refractivity contribution in [2.75, 3.05) is 19.4 Å². The summed E-state index contributed by atoms with van der Waals surface area (Å²) >= 11 is 1.68. The molecule has 2 aliphatic rings. The van der Waals surface area contributed by atoms with Gasteiger partial charge in [-0.15, -0.1) is 11.3 Å². The van der Waals surface area contributed by atoms with Gasteiger partial charge in [0.05, 0.1) is 11.1 Å². The molecule has 6 nitrogen and oxygen atoms in total. The molecule has 1 heterocycles. The molecule has 0 amide bonds. The van der Waals surface area contributed by atoms with Gasteiger partial charge in [0, 0.05) is 17.8 Å². The molecule has 0 bridgehead atoms. The number of nitrogens with one attached hydrogen (secondary N) is 1. The molecule has 8 heteroatoms. The highest BCUT2D eigenvalue weighted by atomic mass is 32.2. The van der Waals surface area contributed by atoms with Crippen molar-refractivity contribution in [1.82, 2.24) is 4.72 Å². The van der Waals surface area contributed by atoms with E-state index < -0.39 is 16.1 Å². The molecule has 3 atom stereocenters. The van der Waals surface area contributed by atoms with Crippen LogP contribution < -0.4 is 9.46 Å². The molecule has 0 saturated heterocycles. The molecule has 186 valence electrons. The lowest BCUT2D eigenvalue weighted by Gasteiger charge is -2.17. The zero-order valence-corrected chi connectivity index (χ0v) is 22.5. The van der Waals surface area contributed by atoms with E-state index in [0.29, 0.717) is 35.8 Å². The van der Waals surface area contributed by atoms with Crippen molar-refractivity contribution in [3.63, 3.8) is 0 Å². The molecule has 0 spiro atoms. The van der Waals surface area contributed by atoms with Crippen LogP contribution in [0.4, 0.5) is 0 Å². The molecular formula is C26H35NO5S2. The first-order valence-corrected chi connectivity index (χ1v) is 14.5. The molecular weight excluding hydrogens is 470 g/mol. The minimum atomic E-state index is -3.36. The summed E-state index contributed by atoms with van der Waals surface area (Å²) in [6, 6.07) is 4.05. The van der Waals surface area contributed by atoms with E-state index in [-0.39, 0.29) is 18.9 Å². The number of carbonyl (C=O) groups excluding carboxylic acids is 1. The van der Waals surface area contributed by atoms with Crippen LogP contribution in [0.25, 0.3) is 0 Å². The molecule has 1 fully saturated rings. The number of aliphatic hydroxyl groups excluding tert-OH is 1. The topological polar surface area (TPSA) is 92.7 Å². The molecule has 1 aromatic carbocycles. The molecule has 4 rings (SSSR count). The summed E-state index contributed by atoms with van der Waals surface area (Å²) in [5.74, 6) is 2.26. The molecule has 2 aromatic rings. The SMILES string of the molecule is Cc1cc(CCC(=O)c2sc(C)c3c2C[C@@H]2[C@H]3C2(C)C)cc(C)c1OCC(O)CNS(C)(=O)=O. The predicted octanol–water partition coefficient (Wildman–Crippen LogP) is 4.07. The van der Waals surface area contributed by atoms with Crippen LogP contribution in [-0.4, -0.2) is 44.8 Å². The van der Waals surface area contributed by atoms with E-state index >= 15 is 0 Å². The Labute approximate surface area is 206 Å². The van der Waals surface area contributed by atoms with E-state index in [1.54, 1.807) is 11.3 Å². The molecule has 34 heavy (non-hydrogen) atoms. The fourth-order valence-corrected chi connectivity index (χ4v) is 7.32. The van der Waals surface area contributed by atoms with E-state index in [1.165, 1.54) is 16.0 Å². The number of Topliss-reactive ketones (excluding diaryl/α,β-unsaturated/α-hetero) is 1. The van der Waals surface area contributed by atoms with Gasteiger partial charge in [0.2, 0.25) is 10.0 Å². The van der Waals surface area contributed by atoms with E-state index in [2.05, 4.69) is 25.5 Å². The lowest BCUT2D eigenvalue weighted by atomic mass is 9.93. The summed E-state index contributed by atoms with van der Waals surface area (Å²) in [5, 5.41) is 9.99. The van der Waals surface area contributed by atoms with Crippen LogP contribution in [0, 0.1) is 32.1 Å². The monoisotopic (exact) mass is 505 g/mol. The predicted molar refractivity (Wildman–Crippen MR) is 136 cm³/mol. The number of sulfonamides is 1. The molecule has 1 saturated carbocycles. The maximum atomic E-state index is 13.1. The number of aryl methyl sites for hydroxylation is 4. The Bertz CT molecular complexity index is 1210. The Morgan fingerprint density at radius 1 is 1.26 bits per heavy atom. The van der Waals surface area contributed by atoms with Gasteiger partial charge in [0.15, 0.2) is 5.78 Å². The highest BCUT2D eigenvalue weighted by Crippen LogP contribution is 2.71. The van der Waals surface area contributed by atoms with Crippen molar-refractivity contribution in [3.05, 3.63) is 49.7 Å². The fourth-order valence-electron chi connectivity index (χ4n) is 5.63. The van der Waals surface area contributed by atoms with Crippen LogP contribution in [0.15, 0.2) is 12.1 Å². The Hall–Kier alpha value is -1.74. The Kier molecular flexibility index (Phi) is 6.74. The summed E-state index contributed by atoms with van der Waals surface area (Å²) in [7, 11) is -3.36. The number of ether oxygens (including phenoxy) is 1. The second-order valence-corrected chi connectivity index (χ2v) is 13.6.